The van der Waals surface area contributed by atoms with Gasteiger partial charge in [0.1, 0.15) is 17.4 Å². The Morgan fingerprint density at radius 3 is 2.68 bits per heavy atom. The molecule has 3 aromatic rings. The van der Waals surface area contributed by atoms with Gasteiger partial charge in [-0.2, -0.15) is 0 Å². The molecule has 11 heteroatoms. The molecule has 2 heterocycles. The highest BCUT2D eigenvalue weighted by molar-refractivity contribution is 7.99. The van der Waals surface area contributed by atoms with E-state index in [1.165, 1.54) is 23.1 Å². The molecule has 1 amide bonds. The number of amides is 1. The molecule has 34 heavy (non-hydrogen) atoms. The molecular formula is C23H27ClN4O4S2. The number of nitrogens with one attached hydrogen (secondary N) is 1. The normalized spacial score (nSPS) is 10.9. The van der Waals surface area contributed by atoms with Crippen LogP contribution >= 0.6 is 34.7 Å². The van der Waals surface area contributed by atoms with Crippen molar-refractivity contribution in [2.24, 2.45) is 0 Å². The van der Waals surface area contributed by atoms with E-state index in [1.54, 1.807) is 25.1 Å². The number of carbonyl (C=O) groups is 2. The molecular weight excluding hydrogens is 496 g/mol. The van der Waals surface area contributed by atoms with Crippen LogP contribution in [-0.2, 0) is 29.1 Å². The second kappa shape index (κ2) is 12.2. The number of anilines is 1. The van der Waals surface area contributed by atoms with Gasteiger partial charge in [0.15, 0.2) is 11.0 Å². The summed E-state index contributed by atoms with van der Waals surface area (Å²) in [6.45, 7) is 8.79. The lowest BCUT2D eigenvalue weighted by atomic mass is 10.2. The van der Waals surface area contributed by atoms with Crippen molar-refractivity contribution >= 4 is 51.6 Å². The average molecular weight is 523 g/mol. The average Bonchev–Trinajstić information content (AvgIpc) is 3.41. The van der Waals surface area contributed by atoms with Gasteiger partial charge >= 0.3 is 5.97 Å². The summed E-state index contributed by atoms with van der Waals surface area (Å²) in [5.74, 6) is 0.805. The molecule has 0 radical (unpaired) electrons. The van der Waals surface area contributed by atoms with Gasteiger partial charge < -0.3 is 19.4 Å². The maximum atomic E-state index is 12.6. The first-order chi connectivity index (χ1) is 16.4. The van der Waals surface area contributed by atoms with Crippen LogP contribution in [0, 0.1) is 6.92 Å². The molecule has 2 aromatic heterocycles. The first-order valence-electron chi connectivity index (χ1n) is 10.9. The van der Waals surface area contributed by atoms with Gasteiger partial charge in [-0.3, -0.25) is 4.79 Å². The van der Waals surface area contributed by atoms with Crippen molar-refractivity contribution in [2.45, 2.75) is 52.4 Å². The van der Waals surface area contributed by atoms with Crippen LogP contribution in [0.4, 0.5) is 5.00 Å². The van der Waals surface area contributed by atoms with E-state index in [4.69, 9.17) is 21.1 Å². The van der Waals surface area contributed by atoms with Crippen LogP contribution in [0.1, 0.15) is 47.4 Å². The van der Waals surface area contributed by atoms with Crippen LogP contribution < -0.4 is 10.1 Å². The summed E-state index contributed by atoms with van der Waals surface area (Å²) in [6, 6.07) is 7.24. The second-order valence-corrected chi connectivity index (χ2v) is 9.70. The van der Waals surface area contributed by atoms with E-state index in [1.807, 2.05) is 31.4 Å². The SMILES string of the molecule is CCOC(=O)c1cc(CC)sc1NC(=O)CSc1nnc(COc2ccc(Cl)c(C)c2)n1CC. The number of halogens is 1. The zero-order valence-corrected chi connectivity index (χ0v) is 21.9. The molecule has 1 N–H and O–H groups in total. The Labute approximate surface area is 212 Å². The topological polar surface area (TPSA) is 95.3 Å². The summed E-state index contributed by atoms with van der Waals surface area (Å²) >= 11 is 8.72. The lowest BCUT2D eigenvalue weighted by Gasteiger charge is -2.10. The van der Waals surface area contributed by atoms with E-state index in [0.29, 0.717) is 38.9 Å². The Bertz CT molecular complexity index is 1160. The van der Waals surface area contributed by atoms with E-state index in [0.717, 1.165) is 16.9 Å². The molecule has 0 fully saturated rings. The molecule has 8 nitrogen and oxygen atoms in total. The largest absolute Gasteiger partial charge is 0.486 e. The van der Waals surface area contributed by atoms with Gasteiger partial charge in [0.2, 0.25) is 5.91 Å². The first kappa shape index (κ1) is 26.1. The summed E-state index contributed by atoms with van der Waals surface area (Å²) in [4.78, 5) is 25.8. The summed E-state index contributed by atoms with van der Waals surface area (Å²) in [5, 5.41) is 13.1. The maximum Gasteiger partial charge on any atom is 0.341 e. The van der Waals surface area contributed by atoms with Gasteiger partial charge in [0, 0.05) is 16.4 Å². The van der Waals surface area contributed by atoms with E-state index in [-0.39, 0.29) is 24.9 Å². The van der Waals surface area contributed by atoms with Crippen molar-refractivity contribution in [3.05, 3.63) is 51.1 Å². The Balaban J connectivity index is 1.62. The minimum atomic E-state index is -0.437. The number of hydrogen-bond acceptors (Lipinski definition) is 8. The van der Waals surface area contributed by atoms with Gasteiger partial charge in [-0.05, 0) is 57.0 Å². The predicted octanol–water partition coefficient (Wildman–Crippen LogP) is 5.37. The van der Waals surface area contributed by atoms with Crippen LogP contribution in [0.5, 0.6) is 5.75 Å². The van der Waals surface area contributed by atoms with Crippen LogP contribution in [0.25, 0.3) is 0 Å². The minimum absolute atomic E-state index is 0.122. The molecule has 0 saturated heterocycles. The third-order valence-electron chi connectivity index (χ3n) is 4.82. The number of aromatic nitrogens is 3. The second-order valence-electron chi connectivity index (χ2n) is 7.21. The monoisotopic (exact) mass is 522 g/mol. The van der Waals surface area contributed by atoms with E-state index in [2.05, 4.69) is 15.5 Å². The van der Waals surface area contributed by atoms with E-state index >= 15 is 0 Å². The summed E-state index contributed by atoms with van der Waals surface area (Å²) < 4.78 is 12.9. The molecule has 0 spiro atoms. The third-order valence-corrected chi connectivity index (χ3v) is 7.40. The summed E-state index contributed by atoms with van der Waals surface area (Å²) in [5.41, 5.74) is 1.32. The fraction of sp³-hybridized carbons (Fsp3) is 0.391. The number of ether oxygens (including phenoxy) is 2. The summed E-state index contributed by atoms with van der Waals surface area (Å²) in [7, 11) is 0. The third kappa shape index (κ3) is 6.52. The van der Waals surface area contributed by atoms with Crippen LogP contribution in [-0.4, -0.2) is 39.0 Å². The molecule has 0 atom stereocenters. The zero-order valence-electron chi connectivity index (χ0n) is 19.5. The summed E-state index contributed by atoms with van der Waals surface area (Å²) in [6.07, 6.45) is 0.766. The Hall–Kier alpha value is -2.56. The molecule has 0 aliphatic heterocycles. The fourth-order valence-electron chi connectivity index (χ4n) is 3.07. The zero-order chi connectivity index (χ0) is 24.7. The highest BCUT2D eigenvalue weighted by atomic mass is 35.5. The fourth-order valence-corrected chi connectivity index (χ4v) is 5.01. The van der Waals surface area contributed by atoms with Crippen molar-refractivity contribution in [3.8, 4) is 5.75 Å². The van der Waals surface area contributed by atoms with Crippen molar-refractivity contribution in [1.29, 1.82) is 0 Å². The standard InChI is InChI=1S/C23H27ClN4O4S2/c1-5-16-11-17(22(30)31-7-3)21(34-16)25-20(29)13-33-23-27-26-19(28(23)6-2)12-32-15-8-9-18(24)14(4)10-15/h8-11H,5-7,12-13H2,1-4H3,(H,25,29). The molecule has 0 saturated carbocycles. The van der Waals surface area contributed by atoms with Crippen molar-refractivity contribution < 1.29 is 19.1 Å². The number of thioether (sulfide) groups is 1. The first-order valence-corrected chi connectivity index (χ1v) is 13.1. The maximum absolute atomic E-state index is 12.6. The quantitative estimate of drug-likeness (QED) is 0.267. The molecule has 0 aliphatic rings. The number of nitrogens with zero attached hydrogens (tertiary/aromatic N) is 3. The Kier molecular flexibility index (Phi) is 9.37. The highest BCUT2D eigenvalue weighted by Gasteiger charge is 2.20. The molecule has 3 rings (SSSR count). The smallest absolute Gasteiger partial charge is 0.341 e. The molecule has 1 aromatic carbocycles. The Morgan fingerprint density at radius 1 is 1.21 bits per heavy atom. The number of aryl methyl sites for hydroxylation is 2. The number of benzene rings is 1. The Morgan fingerprint density at radius 2 is 2.00 bits per heavy atom. The molecule has 0 unspecified atom stereocenters. The van der Waals surface area contributed by atoms with Crippen molar-refractivity contribution in [1.82, 2.24) is 14.8 Å². The molecule has 0 bridgehead atoms. The van der Waals surface area contributed by atoms with Gasteiger partial charge in [0.25, 0.3) is 0 Å². The van der Waals surface area contributed by atoms with Gasteiger partial charge in [-0.25, -0.2) is 4.79 Å². The van der Waals surface area contributed by atoms with Crippen LogP contribution in [0.15, 0.2) is 29.4 Å². The number of thiophene rings is 1. The number of esters is 1. The lowest BCUT2D eigenvalue weighted by Crippen LogP contribution is -2.16. The van der Waals surface area contributed by atoms with Crippen molar-refractivity contribution in [3.63, 3.8) is 0 Å². The van der Waals surface area contributed by atoms with Crippen LogP contribution in [0.2, 0.25) is 5.02 Å². The number of hydrogen-bond donors (Lipinski definition) is 1. The number of rotatable bonds is 11. The molecule has 182 valence electrons. The predicted molar refractivity (Wildman–Crippen MR) is 135 cm³/mol. The van der Waals surface area contributed by atoms with Gasteiger partial charge in [-0.15, -0.1) is 21.5 Å². The highest BCUT2D eigenvalue weighted by Crippen LogP contribution is 2.30. The molecule has 0 aliphatic carbocycles. The lowest BCUT2D eigenvalue weighted by molar-refractivity contribution is -0.113. The van der Waals surface area contributed by atoms with Gasteiger partial charge in [0.05, 0.1) is 17.9 Å². The van der Waals surface area contributed by atoms with E-state index < -0.39 is 5.97 Å². The van der Waals surface area contributed by atoms with E-state index in [9.17, 15) is 9.59 Å². The van der Waals surface area contributed by atoms with Crippen LogP contribution in [0.3, 0.4) is 0 Å². The number of carbonyl (C=O) groups excluding carboxylic acids is 2. The minimum Gasteiger partial charge on any atom is -0.486 e. The van der Waals surface area contributed by atoms with Crippen molar-refractivity contribution in [2.75, 3.05) is 17.7 Å². The van der Waals surface area contributed by atoms with Gasteiger partial charge in [-0.1, -0.05) is 30.3 Å².